The summed E-state index contributed by atoms with van der Waals surface area (Å²) in [6, 6.07) is 0.735. The molecule has 116 valence electrons. The molecule has 0 aliphatic carbocycles. The minimum Gasteiger partial charge on any atom is -0.313 e. The van der Waals surface area contributed by atoms with Gasteiger partial charge in [-0.3, -0.25) is 4.90 Å². The molecule has 0 bridgehead atoms. The molecule has 3 heterocycles. The third kappa shape index (κ3) is 3.03. The van der Waals surface area contributed by atoms with Crippen molar-refractivity contribution in [2.45, 2.75) is 57.2 Å². The van der Waals surface area contributed by atoms with Crippen molar-refractivity contribution in [3.05, 3.63) is 0 Å². The fourth-order valence-electron chi connectivity index (χ4n) is 3.96. The highest BCUT2D eigenvalue weighted by Crippen LogP contribution is 2.26. The molecule has 0 spiro atoms. The average molecular weight is 301 g/mol. The number of piperidine rings is 1. The molecule has 3 atom stereocenters. The van der Waals surface area contributed by atoms with Crippen LogP contribution in [0.1, 0.15) is 39.0 Å². The summed E-state index contributed by atoms with van der Waals surface area (Å²) in [5.41, 5.74) is 0. The van der Waals surface area contributed by atoms with Crippen LogP contribution in [0.5, 0.6) is 0 Å². The molecule has 3 unspecified atom stereocenters. The smallest absolute Gasteiger partial charge is 0.215 e. The lowest BCUT2D eigenvalue weighted by Gasteiger charge is -2.46. The molecule has 0 aromatic carbocycles. The predicted octanol–water partition coefficient (Wildman–Crippen LogP) is 0.627. The van der Waals surface area contributed by atoms with Crippen LogP contribution in [-0.4, -0.2) is 67.7 Å². The molecular weight excluding hydrogens is 274 g/mol. The second-order valence-corrected chi connectivity index (χ2v) is 8.60. The Morgan fingerprint density at radius 2 is 2.00 bits per heavy atom. The van der Waals surface area contributed by atoms with Crippen LogP contribution >= 0.6 is 0 Å². The Balaban J connectivity index is 1.68. The number of hydrogen-bond acceptors (Lipinski definition) is 4. The number of fused-ring (bicyclic) bond motifs is 1. The molecule has 0 aromatic heterocycles. The fraction of sp³-hybridized carbons (Fsp3) is 1.00. The third-order valence-electron chi connectivity index (χ3n) is 5.06. The maximum absolute atomic E-state index is 12.7. The van der Waals surface area contributed by atoms with Crippen LogP contribution in [0.2, 0.25) is 0 Å². The van der Waals surface area contributed by atoms with Gasteiger partial charge in [-0.2, -0.15) is 4.31 Å². The number of hydrogen-bond donors (Lipinski definition) is 1. The van der Waals surface area contributed by atoms with E-state index in [0.717, 1.165) is 38.9 Å². The molecule has 3 fully saturated rings. The molecule has 0 radical (unpaired) electrons. The second-order valence-electron chi connectivity index (χ2n) is 6.64. The first kappa shape index (κ1) is 14.8. The van der Waals surface area contributed by atoms with Gasteiger partial charge in [-0.1, -0.05) is 6.42 Å². The summed E-state index contributed by atoms with van der Waals surface area (Å²) in [6.07, 6.45) is 5.76. The number of nitrogens with one attached hydrogen (secondary N) is 1. The van der Waals surface area contributed by atoms with E-state index in [4.69, 9.17) is 0 Å². The zero-order valence-corrected chi connectivity index (χ0v) is 13.2. The summed E-state index contributed by atoms with van der Waals surface area (Å²) >= 11 is 0. The molecule has 0 amide bonds. The van der Waals surface area contributed by atoms with Gasteiger partial charge in [0.2, 0.25) is 10.0 Å². The van der Waals surface area contributed by atoms with Crippen molar-refractivity contribution < 1.29 is 8.42 Å². The van der Waals surface area contributed by atoms with E-state index in [2.05, 4.69) is 17.1 Å². The number of nitrogens with zero attached hydrogens (tertiary/aromatic N) is 2. The van der Waals surface area contributed by atoms with Gasteiger partial charge in [0.25, 0.3) is 0 Å². The zero-order chi connectivity index (χ0) is 14.2. The van der Waals surface area contributed by atoms with E-state index in [1.54, 1.807) is 4.31 Å². The maximum atomic E-state index is 12.7. The lowest BCUT2D eigenvalue weighted by Crippen LogP contribution is -2.60. The highest BCUT2D eigenvalue weighted by molar-refractivity contribution is 7.89. The number of piperazine rings is 1. The fourth-order valence-corrected chi connectivity index (χ4v) is 5.96. The van der Waals surface area contributed by atoms with Gasteiger partial charge < -0.3 is 5.32 Å². The van der Waals surface area contributed by atoms with Crippen molar-refractivity contribution in [2.24, 2.45) is 0 Å². The standard InChI is InChI=1S/C14H27N3O2S/c1-12-9-16-8-3-2-6-14(16)10-17(12)20(18,19)11-13-5-4-7-15-13/h12-15H,2-11H2,1H3. The Bertz CT molecular complexity index is 434. The first-order valence-corrected chi connectivity index (χ1v) is 9.64. The average Bonchev–Trinajstić information content (AvgIpc) is 2.90. The van der Waals surface area contributed by atoms with Gasteiger partial charge in [-0.05, 0) is 45.7 Å². The minimum atomic E-state index is -3.12. The van der Waals surface area contributed by atoms with Gasteiger partial charge in [0.15, 0.2) is 0 Å². The summed E-state index contributed by atoms with van der Waals surface area (Å²) < 4.78 is 27.2. The van der Waals surface area contributed by atoms with E-state index in [-0.39, 0.29) is 17.8 Å². The van der Waals surface area contributed by atoms with Crippen LogP contribution < -0.4 is 5.32 Å². The van der Waals surface area contributed by atoms with Crippen molar-refractivity contribution >= 4 is 10.0 Å². The van der Waals surface area contributed by atoms with Crippen LogP contribution in [0, 0.1) is 0 Å². The number of rotatable bonds is 3. The van der Waals surface area contributed by atoms with Crippen molar-refractivity contribution in [1.29, 1.82) is 0 Å². The Morgan fingerprint density at radius 1 is 1.15 bits per heavy atom. The zero-order valence-electron chi connectivity index (χ0n) is 12.4. The first-order valence-electron chi connectivity index (χ1n) is 8.03. The van der Waals surface area contributed by atoms with Crippen LogP contribution in [0.3, 0.4) is 0 Å². The van der Waals surface area contributed by atoms with Gasteiger partial charge in [0.05, 0.1) is 5.75 Å². The normalized spacial score (nSPS) is 37.0. The van der Waals surface area contributed by atoms with Crippen molar-refractivity contribution in [2.75, 3.05) is 31.9 Å². The van der Waals surface area contributed by atoms with E-state index >= 15 is 0 Å². The summed E-state index contributed by atoms with van der Waals surface area (Å²) in [6.45, 7) is 5.78. The molecule has 20 heavy (non-hydrogen) atoms. The van der Waals surface area contributed by atoms with Crippen molar-refractivity contribution in [3.8, 4) is 0 Å². The van der Waals surface area contributed by atoms with E-state index in [1.165, 1.54) is 12.8 Å². The third-order valence-corrected chi connectivity index (χ3v) is 7.11. The first-order chi connectivity index (χ1) is 9.56. The molecule has 0 saturated carbocycles. The van der Waals surface area contributed by atoms with Crippen molar-refractivity contribution in [3.63, 3.8) is 0 Å². The summed E-state index contributed by atoms with van der Waals surface area (Å²) in [7, 11) is -3.12. The molecule has 3 aliphatic rings. The van der Waals surface area contributed by atoms with E-state index in [1.807, 2.05) is 0 Å². The second kappa shape index (κ2) is 5.91. The predicted molar refractivity (Wildman–Crippen MR) is 80.2 cm³/mol. The number of sulfonamides is 1. The molecule has 0 aromatic rings. The molecule has 3 aliphatic heterocycles. The summed E-state index contributed by atoms with van der Waals surface area (Å²) in [5.74, 6) is 0.282. The Morgan fingerprint density at radius 3 is 2.75 bits per heavy atom. The van der Waals surface area contributed by atoms with Crippen molar-refractivity contribution in [1.82, 2.24) is 14.5 Å². The lowest BCUT2D eigenvalue weighted by molar-refractivity contribution is 0.0564. The van der Waals surface area contributed by atoms with E-state index in [0.29, 0.717) is 12.6 Å². The maximum Gasteiger partial charge on any atom is 0.215 e. The Labute approximate surface area is 122 Å². The quantitative estimate of drug-likeness (QED) is 0.830. The van der Waals surface area contributed by atoms with Gasteiger partial charge in [0, 0.05) is 31.2 Å². The van der Waals surface area contributed by atoms with Crippen LogP contribution in [-0.2, 0) is 10.0 Å². The topological polar surface area (TPSA) is 52.7 Å². The van der Waals surface area contributed by atoms with Crippen LogP contribution in [0.25, 0.3) is 0 Å². The minimum absolute atomic E-state index is 0.121. The van der Waals surface area contributed by atoms with Gasteiger partial charge in [-0.25, -0.2) is 8.42 Å². The molecular formula is C14H27N3O2S. The Hall–Kier alpha value is -0.170. The van der Waals surface area contributed by atoms with Crippen LogP contribution in [0.15, 0.2) is 0 Å². The highest BCUT2D eigenvalue weighted by Gasteiger charge is 2.39. The van der Waals surface area contributed by atoms with Crippen LogP contribution in [0.4, 0.5) is 0 Å². The molecule has 1 N–H and O–H groups in total. The monoisotopic (exact) mass is 301 g/mol. The lowest BCUT2D eigenvalue weighted by atomic mass is 9.99. The summed E-state index contributed by atoms with van der Waals surface area (Å²) in [4.78, 5) is 2.49. The largest absolute Gasteiger partial charge is 0.313 e. The SMILES string of the molecule is CC1CN2CCCCC2CN1S(=O)(=O)CC1CCCN1. The van der Waals surface area contributed by atoms with E-state index < -0.39 is 10.0 Å². The van der Waals surface area contributed by atoms with E-state index in [9.17, 15) is 8.42 Å². The van der Waals surface area contributed by atoms with Gasteiger partial charge >= 0.3 is 0 Å². The molecule has 3 saturated heterocycles. The molecule has 6 heteroatoms. The Kier molecular flexibility index (Phi) is 4.36. The summed E-state index contributed by atoms with van der Waals surface area (Å²) in [5, 5.41) is 3.31. The van der Waals surface area contributed by atoms with Gasteiger partial charge in [-0.15, -0.1) is 0 Å². The molecule has 5 nitrogen and oxygen atoms in total. The van der Waals surface area contributed by atoms with Gasteiger partial charge in [0.1, 0.15) is 0 Å². The highest BCUT2D eigenvalue weighted by atomic mass is 32.2. The molecule has 3 rings (SSSR count).